The first-order valence-electron chi connectivity index (χ1n) is 9.23. The third kappa shape index (κ3) is 3.34. The lowest BCUT2D eigenvalue weighted by atomic mass is 9.83. The second-order valence-electron chi connectivity index (χ2n) is 7.03. The molecular formula is C21H15ClN2O4S2. The minimum Gasteiger partial charge on any atom is -0.426 e. The highest BCUT2D eigenvalue weighted by Gasteiger charge is 2.44. The lowest BCUT2D eigenvalue weighted by Crippen LogP contribution is -2.36. The number of nitrogens with zero attached hydrogens (tertiary/aromatic N) is 1. The van der Waals surface area contributed by atoms with Crippen LogP contribution < -0.4 is 14.9 Å². The summed E-state index contributed by atoms with van der Waals surface area (Å²) in [6.45, 7) is -0.0935. The number of aromatic nitrogens is 1. The van der Waals surface area contributed by atoms with Crippen LogP contribution in [0.4, 0.5) is 5.69 Å². The van der Waals surface area contributed by atoms with E-state index < -0.39 is 0 Å². The normalized spacial score (nSPS) is 19.3. The number of esters is 1. The topological polar surface area (TPSA) is 77.4 Å². The van der Waals surface area contributed by atoms with Gasteiger partial charge in [-0.25, -0.2) is 0 Å². The summed E-state index contributed by atoms with van der Waals surface area (Å²) in [4.78, 5) is 38.4. The maximum absolute atomic E-state index is 12.8. The van der Waals surface area contributed by atoms with Gasteiger partial charge in [-0.3, -0.25) is 19.0 Å². The standard InChI is InChI=1S/C21H15ClN2O4S2/c22-11-5-7-12(8-6-11)23-16(25)9-24-19-18(30-21(24)27)17-13-3-1-2-4-15(13)28-20(26)14(17)10-29-19/h1-8,14,17H,9-10H2,(H,23,25). The number of thioether (sulfide) groups is 1. The summed E-state index contributed by atoms with van der Waals surface area (Å²) in [7, 11) is 0. The van der Waals surface area contributed by atoms with E-state index >= 15 is 0 Å². The Morgan fingerprint density at radius 2 is 1.93 bits per heavy atom. The Morgan fingerprint density at radius 1 is 1.17 bits per heavy atom. The fraction of sp³-hybridized carbons (Fsp3) is 0.190. The third-order valence-corrected chi connectivity index (χ3v) is 7.84. The highest BCUT2D eigenvalue weighted by Crippen LogP contribution is 2.50. The molecule has 0 radical (unpaired) electrons. The van der Waals surface area contributed by atoms with E-state index in [-0.39, 0.29) is 35.1 Å². The minimum absolute atomic E-state index is 0.0935. The first kappa shape index (κ1) is 19.4. The molecule has 2 aliphatic heterocycles. The van der Waals surface area contributed by atoms with Crippen LogP contribution in [-0.2, 0) is 16.1 Å². The molecule has 1 N–H and O–H groups in total. The number of fused-ring (bicyclic) bond motifs is 5. The fourth-order valence-electron chi connectivity index (χ4n) is 3.79. The molecule has 0 saturated heterocycles. The zero-order valence-electron chi connectivity index (χ0n) is 15.5. The number of halogens is 1. The lowest BCUT2D eigenvalue weighted by Gasteiger charge is -2.34. The smallest absolute Gasteiger partial charge is 0.316 e. The Kier molecular flexibility index (Phi) is 4.92. The molecule has 0 fully saturated rings. The second kappa shape index (κ2) is 7.61. The molecule has 0 saturated carbocycles. The van der Waals surface area contributed by atoms with Gasteiger partial charge < -0.3 is 10.1 Å². The number of anilines is 1. The number of hydrogen-bond acceptors (Lipinski definition) is 6. The number of carbonyl (C=O) groups is 2. The van der Waals surface area contributed by atoms with Gasteiger partial charge in [0.05, 0.1) is 10.9 Å². The molecule has 0 spiro atoms. The molecule has 6 nitrogen and oxygen atoms in total. The van der Waals surface area contributed by atoms with Gasteiger partial charge in [-0.2, -0.15) is 0 Å². The molecule has 9 heteroatoms. The van der Waals surface area contributed by atoms with Crippen LogP contribution in [-0.4, -0.2) is 22.2 Å². The van der Waals surface area contributed by atoms with Gasteiger partial charge in [0.15, 0.2) is 0 Å². The molecule has 1 aromatic heterocycles. The predicted molar refractivity (Wildman–Crippen MR) is 117 cm³/mol. The number of benzene rings is 2. The lowest BCUT2D eigenvalue weighted by molar-refractivity contribution is -0.140. The van der Waals surface area contributed by atoms with Crippen LogP contribution in [0.1, 0.15) is 16.4 Å². The number of para-hydroxylation sites is 1. The van der Waals surface area contributed by atoms with Crippen LogP contribution in [0.15, 0.2) is 58.4 Å². The number of rotatable bonds is 3. The molecule has 0 aliphatic carbocycles. The quantitative estimate of drug-likeness (QED) is 0.474. The molecule has 3 heterocycles. The number of thiazole rings is 1. The SMILES string of the molecule is O=C(Cn1c2c(sc1=O)C1c3ccccc3OC(=O)C1CS2)Nc1ccc(Cl)cc1. The van der Waals surface area contributed by atoms with Gasteiger partial charge in [0, 0.05) is 32.8 Å². The van der Waals surface area contributed by atoms with Crippen molar-refractivity contribution in [1.29, 1.82) is 0 Å². The van der Waals surface area contributed by atoms with E-state index in [1.54, 1.807) is 30.3 Å². The highest BCUT2D eigenvalue weighted by molar-refractivity contribution is 7.99. The van der Waals surface area contributed by atoms with Gasteiger partial charge in [0.2, 0.25) is 5.91 Å². The second-order valence-corrected chi connectivity index (χ2v) is 9.47. The van der Waals surface area contributed by atoms with Crippen LogP contribution in [0.3, 0.4) is 0 Å². The van der Waals surface area contributed by atoms with E-state index in [1.807, 2.05) is 18.2 Å². The zero-order chi connectivity index (χ0) is 20.8. The van der Waals surface area contributed by atoms with E-state index in [4.69, 9.17) is 16.3 Å². The van der Waals surface area contributed by atoms with Crippen molar-refractivity contribution in [3.63, 3.8) is 0 Å². The Balaban J connectivity index is 1.47. The summed E-state index contributed by atoms with van der Waals surface area (Å²) in [5.74, 6) is -0.103. The molecule has 2 aliphatic rings. The number of hydrogen-bond donors (Lipinski definition) is 1. The van der Waals surface area contributed by atoms with Crippen molar-refractivity contribution in [2.45, 2.75) is 17.5 Å². The first-order chi connectivity index (χ1) is 14.5. The summed E-state index contributed by atoms with van der Waals surface area (Å²) in [6.07, 6.45) is 0. The Hall–Kier alpha value is -2.55. The van der Waals surface area contributed by atoms with E-state index in [0.717, 1.165) is 26.8 Å². The van der Waals surface area contributed by atoms with Crippen molar-refractivity contribution in [3.8, 4) is 5.75 Å². The average Bonchev–Trinajstić information content (AvgIpc) is 3.05. The van der Waals surface area contributed by atoms with E-state index in [1.165, 1.54) is 16.3 Å². The monoisotopic (exact) mass is 458 g/mol. The summed E-state index contributed by atoms with van der Waals surface area (Å²) in [5, 5.41) is 4.11. The highest BCUT2D eigenvalue weighted by atomic mass is 35.5. The van der Waals surface area contributed by atoms with Gasteiger partial charge in [-0.05, 0) is 30.3 Å². The molecule has 5 rings (SSSR count). The van der Waals surface area contributed by atoms with Crippen LogP contribution in [0.25, 0.3) is 0 Å². The molecule has 1 amide bonds. The van der Waals surface area contributed by atoms with Crippen LogP contribution >= 0.6 is 34.7 Å². The Morgan fingerprint density at radius 3 is 2.73 bits per heavy atom. The summed E-state index contributed by atoms with van der Waals surface area (Å²) >= 11 is 8.40. The van der Waals surface area contributed by atoms with Crippen molar-refractivity contribution < 1.29 is 14.3 Å². The molecule has 2 atom stereocenters. The third-order valence-electron chi connectivity index (χ3n) is 5.16. The zero-order valence-corrected chi connectivity index (χ0v) is 17.9. The summed E-state index contributed by atoms with van der Waals surface area (Å²) in [5.41, 5.74) is 1.51. The molecular weight excluding hydrogens is 444 g/mol. The largest absolute Gasteiger partial charge is 0.426 e. The molecule has 2 aromatic carbocycles. The van der Waals surface area contributed by atoms with E-state index in [0.29, 0.717) is 22.2 Å². The van der Waals surface area contributed by atoms with Gasteiger partial charge in [0.1, 0.15) is 12.3 Å². The summed E-state index contributed by atoms with van der Waals surface area (Å²) in [6, 6.07) is 14.2. The van der Waals surface area contributed by atoms with Crippen LogP contribution in [0, 0.1) is 5.92 Å². The number of nitrogens with one attached hydrogen (secondary N) is 1. The van der Waals surface area contributed by atoms with Crippen molar-refractivity contribution in [2.24, 2.45) is 5.92 Å². The number of ether oxygens (including phenoxy) is 1. The van der Waals surface area contributed by atoms with Gasteiger partial charge >= 0.3 is 10.8 Å². The van der Waals surface area contributed by atoms with Gasteiger partial charge in [-0.1, -0.05) is 41.1 Å². The summed E-state index contributed by atoms with van der Waals surface area (Å²) < 4.78 is 6.98. The van der Waals surface area contributed by atoms with Crippen LogP contribution in [0.5, 0.6) is 5.75 Å². The van der Waals surface area contributed by atoms with Crippen LogP contribution in [0.2, 0.25) is 5.02 Å². The maximum Gasteiger partial charge on any atom is 0.316 e. The molecule has 152 valence electrons. The number of amides is 1. The predicted octanol–water partition coefficient (Wildman–Crippen LogP) is 3.97. The Labute approximate surface area is 184 Å². The van der Waals surface area contributed by atoms with E-state index in [2.05, 4.69) is 5.32 Å². The van der Waals surface area contributed by atoms with Gasteiger partial charge in [-0.15, -0.1) is 11.8 Å². The molecule has 0 bridgehead atoms. The van der Waals surface area contributed by atoms with Crippen molar-refractivity contribution in [1.82, 2.24) is 4.57 Å². The van der Waals surface area contributed by atoms with Gasteiger partial charge in [0.25, 0.3) is 0 Å². The molecule has 3 aromatic rings. The first-order valence-corrected chi connectivity index (χ1v) is 11.4. The minimum atomic E-state index is -0.341. The van der Waals surface area contributed by atoms with E-state index in [9.17, 15) is 14.4 Å². The van der Waals surface area contributed by atoms with Crippen molar-refractivity contribution in [3.05, 3.63) is 73.7 Å². The van der Waals surface area contributed by atoms with Crippen molar-refractivity contribution >= 4 is 52.3 Å². The fourth-order valence-corrected chi connectivity index (χ4v) is 6.59. The molecule has 2 unspecified atom stereocenters. The number of carbonyl (C=O) groups excluding carboxylic acids is 2. The van der Waals surface area contributed by atoms with Crippen molar-refractivity contribution in [2.75, 3.05) is 11.1 Å². The Bertz CT molecular complexity index is 1220. The maximum atomic E-state index is 12.8. The molecule has 30 heavy (non-hydrogen) atoms. The average molecular weight is 459 g/mol.